The maximum atomic E-state index is 6.07. The molecule has 1 saturated carbocycles. The summed E-state index contributed by atoms with van der Waals surface area (Å²) in [6, 6.07) is 4.37. The van der Waals surface area contributed by atoms with E-state index in [0.29, 0.717) is 5.41 Å². The van der Waals surface area contributed by atoms with E-state index < -0.39 is 0 Å². The fraction of sp³-hybridized carbons (Fsp3) is 0.600. The van der Waals surface area contributed by atoms with Crippen LogP contribution in [-0.2, 0) is 0 Å². The summed E-state index contributed by atoms with van der Waals surface area (Å²) in [5.74, 6) is 1.06. The summed E-state index contributed by atoms with van der Waals surface area (Å²) in [5.41, 5.74) is 4.27. The number of alkyl halides is 1. The van der Waals surface area contributed by atoms with Gasteiger partial charge in [0.2, 0.25) is 0 Å². The first kappa shape index (κ1) is 12.9. The molecule has 0 N–H and O–H groups in total. The molecular weight excluding hydrogens is 276 g/mol. The lowest BCUT2D eigenvalue weighted by molar-refractivity contribution is 0.0833. The molecule has 1 aromatic rings. The van der Waals surface area contributed by atoms with Gasteiger partial charge in [-0.05, 0) is 56.4 Å². The molecule has 0 radical (unpaired) electrons. The zero-order valence-electron chi connectivity index (χ0n) is 11.0. The first-order valence-corrected chi connectivity index (χ1v) is 7.45. The third-order valence-corrected chi connectivity index (χ3v) is 5.19. The zero-order valence-corrected chi connectivity index (χ0v) is 12.6. The summed E-state index contributed by atoms with van der Waals surface area (Å²) in [6.07, 6.45) is 3.94. The van der Waals surface area contributed by atoms with Crippen molar-refractivity contribution < 1.29 is 4.74 Å². The largest absolute Gasteiger partial charge is 0.493 e. The summed E-state index contributed by atoms with van der Waals surface area (Å²) in [6.45, 7) is 7.27. The van der Waals surface area contributed by atoms with Crippen molar-refractivity contribution in [3.05, 3.63) is 28.8 Å². The highest BCUT2D eigenvalue weighted by Crippen LogP contribution is 2.43. The minimum Gasteiger partial charge on any atom is -0.493 e. The number of ether oxygens (including phenoxy) is 1. The van der Waals surface area contributed by atoms with Crippen molar-refractivity contribution in [3.63, 3.8) is 0 Å². The van der Waals surface area contributed by atoms with Gasteiger partial charge in [0, 0.05) is 10.7 Å². The van der Waals surface area contributed by atoms with Gasteiger partial charge in [-0.2, -0.15) is 0 Å². The first-order valence-electron chi connectivity index (χ1n) is 6.33. The summed E-state index contributed by atoms with van der Waals surface area (Å²) in [7, 11) is 0. The van der Waals surface area contributed by atoms with E-state index >= 15 is 0 Å². The minimum absolute atomic E-state index is 0.393. The Balaban J connectivity index is 2.08. The molecular formula is C15H21BrO. The second-order valence-corrected chi connectivity index (χ2v) is 6.04. The lowest BCUT2D eigenvalue weighted by Gasteiger charge is -2.40. The Labute approximate surface area is 113 Å². The second kappa shape index (κ2) is 5.01. The third kappa shape index (κ3) is 2.67. The van der Waals surface area contributed by atoms with Crippen LogP contribution in [0.2, 0.25) is 0 Å². The summed E-state index contributed by atoms with van der Waals surface area (Å²) < 4.78 is 6.07. The SMILES string of the molecule is Cc1cc(C)c(C)c(OCC2(CBr)CCC2)c1. The van der Waals surface area contributed by atoms with Gasteiger partial charge in [-0.3, -0.25) is 0 Å². The number of rotatable bonds is 4. The number of halogens is 1. The highest BCUT2D eigenvalue weighted by atomic mass is 79.9. The van der Waals surface area contributed by atoms with Crippen LogP contribution < -0.4 is 4.74 Å². The lowest BCUT2D eigenvalue weighted by atomic mass is 9.71. The Kier molecular flexibility index (Phi) is 3.82. The van der Waals surface area contributed by atoms with Crippen molar-refractivity contribution in [1.29, 1.82) is 0 Å². The Bertz CT molecular complexity index is 402. The molecule has 1 fully saturated rings. The minimum atomic E-state index is 0.393. The van der Waals surface area contributed by atoms with Crippen LogP contribution in [0.5, 0.6) is 5.75 Å². The maximum Gasteiger partial charge on any atom is 0.122 e. The summed E-state index contributed by atoms with van der Waals surface area (Å²) >= 11 is 3.62. The Morgan fingerprint density at radius 2 is 1.94 bits per heavy atom. The van der Waals surface area contributed by atoms with Crippen LogP contribution in [0.1, 0.15) is 36.0 Å². The van der Waals surface area contributed by atoms with E-state index in [9.17, 15) is 0 Å². The Hall–Kier alpha value is -0.500. The molecule has 0 amide bonds. The van der Waals surface area contributed by atoms with E-state index in [-0.39, 0.29) is 0 Å². The topological polar surface area (TPSA) is 9.23 Å². The third-order valence-electron chi connectivity index (χ3n) is 4.00. The smallest absolute Gasteiger partial charge is 0.122 e. The standard InChI is InChI=1S/C15H21BrO/c1-11-7-12(2)13(3)14(8-11)17-10-15(9-16)5-4-6-15/h7-8H,4-6,9-10H2,1-3H3. The van der Waals surface area contributed by atoms with E-state index in [0.717, 1.165) is 17.7 Å². The monoisotopic (exact) mass is 296 g/mol. The molecule has 1 nitrogen and oxygen atoms in total. The fourth-order valence-electron chi connectivity index (χ4n) is 2.37. The van der Waals surface area contributed by atoms with E-state index in [1.165, 1.54) is 36.0 Å². The van der Waals surface area contributed by atoms with Gasteiger partial charge in [0.15, 0.2) is 0 Å². The van der Waals surface area contributed by atoms with Crippen molar-refractivity contribution in [2.75, 3.05) is 11.9 Å². The van der Waals surface area contributed by atoms with Crippen molar-refractivity contribution in [2.45, 2.75) is 40.0 Å². The second-order valence-electron chi connectivity index (χ2n) is 5.48. The molecule has 2 rings (SSSR count). The summed E-state index contributed by atoms with van der Waals surface area (Å²) in [4.78, 5) is 0. The molecule has 0 aromatic heterocycles. The molecule has 0 bridgehead atoms. The van der Waals surface area contributed by atoms with Gasteiger partial charge in [-0.25, -0.2) is 0 Å². The average molecular weight is 297 g/mol. The molecule has 1 aliphatic carbocycles. The van der Waals surface area contributed by atoms with Crippen LogP contribution in [-0.4, -0.2) is 11.9 Å². The zero-order chi connectivity index (χ0) is 12.5. The molecule has 94 valence electrons. The highest BCUT2D eigenvalue weighted by Gasteiger charge is 2.36. The molecule has 2 heteroatoms. The van der Waals surface area contributed by atoms with Crippen molar-refractivity contribution in [2.24, 2.45) is 5.41 Å². The van der Waals surface area contributed by atoms with E-state index in [2.05, 4.69) is 48.8 Å². The van der Waals surface area contributed by atoms with Gasteiger partial charge in [0.1, 0.15) is 5.75 Å². The first-order chi connectivity index (χ1) is 8.06. The Morgan fingerprint density at radius 3 is 2.47 bits per heavy atom. The molecule has 0 aliphatic heterocycles. The lowest BCUT2D eigenvalue weighted by Crippen LogP contribution is -2.37. The van der Waals surface area contributed by atoms with Crippen molar-refractivity contribution >= 4 is 15.9 Å². The molecule has 1 aromatic carbocycles. The predicted octanol–water partition coefficient (Wildman–Crippen LogP) is 4.56. The normalized spacial score (nSPS) is 17.6. The van der Waals surface area contributed by atoms with Crippen molar-refractivity contribution in [1.82, 2.24) is 0 Å². The van der Waals surface area contributed by atoms with Gasteiger partial charge >= 0.3 is 0 Å². The van der Waals surface area contributed by atoms with Gasteiger partial charge in [-0.1, -0.05) is 28.4 Å². The summed E-state index contributed by atoms with van der Waals surface area (Å²) in [5, 5.41) is 1.06. The number of hydrogen-bond acceptors (Lipinski definition) is 1. The van der Waals surface area contributed by atoms with Crippen molar-refractivity contribution in [3.8, 4) is 5.75 Å². The molecule has 17 heavy (non-hydrogen) atoms. The van der Waals surface area contributed by atoms with Crippen LogP contribution in [0.3, 0.4) is 0 Å². The highest BCUT2D eigenvalue weighted by molar-refractivity contribution is 9.09. The quantitative estimate of drug-likeness (QED) is 0.740. The molecule has 0 unspecified atom stereocenters. The van der Waals surface area contributed by atoms with E-state index in [1.54, 1.807) is 0 Å². The Morgan fingerprint density at radius 1 is 1.24 bits per heavy atom. The molecule has 0 saturated heterocycles. The average Bonchev–Trinajstić information content (AvgIpc) is 2.23. The number of hydrogen-bond donors (Lipinski definition) is 0. The number of benzene rings is 1. The van der Waals surface area contributed by atoms with E-state index in [4.69, 9.17) is 4.74 Å². The van der Waals surface area contributed by atoms with E-state index in [1.807, 2.05) is 0 Å². The predicted molar refractivity (Wildman–Crippen MR) is 76.2 cm³/mol. The molecule has 0 spiro atoms. The molecule has 0 atom stereocenters. The molecule has 1 aliphatic rings. The van der Waals surface area contributed by atoms with Gasteiger partial charge in [0.25, 0.3) is 0 Å². The van der Waals surface area contributed by atoms with Crippen LogP contribution >= 0.6 is 15.9 Å². The van der Waals surface area contributed by atoms with Crippen LogP contribution in [0.15, 0.2) is 12.1 Å². The maximum absolute atomic E-state index is 6.07. The molecule has 0 heterocycles. The fourth-order valence-corrected chi connectivity index (χ4v) is 3.10. The van der Waals surface area contributed by atoms with Gasteiger partial charge < -0.3 is 4.74 Å². The number of aryl methyl sites for hydroxylation is 2. The van der Waals surface area contributed by atoms with Gasteiger partial charge in [-0.15, -0.1) is 0 Å². The van der Waals surface area contributed by atoms with Gasteiger partial charge in [0.05, 0.1) is 6.61 Å². The van der Waals surface area contributed by atoms with Crippen LogP contribution in [0.4, 0.5) is 0 Å². The van der Waals surface area contributed by atoms with Crippen LogP contribution in [0.25, 0.3) is 0 Å². The van der Waals surface area contributed by atoms with Crippen LogP contribution in [0, 0.1) is 26.2 Å².